The van der Waals surface area contributed by atoms with Crippen molar-refractivity contribution in [2.75, 3.05) is 0 Å². The first kappa shape index (κ1) is 23.1. The second kappa shape index (κ2) is 8.91. The van der Waals surface area contributed by atoms with E-state index < -0.39 is 5.97 Å². The quantitative estimate of drug-likeness (QED) is 0.218. The van der Waals surface area contributed by atoms with Crippen LogP contribution >= 0.6 is 0 Å². The van der Waals surface area contributed by atoms with Gasteiger partial charge in [0.05, 0.1) is 0 Å². The molecule has 0 aliphatic heterocycles. The van der Waals surface area contributed by atoms with E-state index in [1.807, 2.05) is 65.8 Å². The molecule has 0 spiro atoms. The Balaban J connectivity index is 2.30. The molecule has 4 heteroatoms. The lowest BCUT2D eigenvalue weighted by Crippen LogP contribution is -2.11. The Morgan fingerprint density at radius 3 is 1.59 bits per heavy atom. The summed E-state index contributed by atoms with van der Waals surface area (Å²) in [4.78, 5) is 11.8. The van der Waals surface area contributed by atoms with Crippen LogP contribution in [0, 0.1) is 41.5 Å². The van der Waals surface area contributed by atoms with Gasteiger partial charge in [0.15, 0.2) is 0 Å². The van der Waals surface area contributed by atoms with E-state index in [2.05, 4.69) is 6.58 Å². The highest BCUT2D eigenvalue weighted by atomic mass is 16.5. The van der Waals surface area contributed by atoms with Gasteiger partial charge in [0.2, 0.25) is 0 Å². The summed E-state index contributed by atoms with van der Waals surface area (Å²) in [6.45, 7) is 15.1. The van der Waals surface area contributed by atoms with Crippen molar-refractivity contribution >= 4 is 5.97 Å². The van der Waals surface area contributed by atoms with E-state index in [9.17, 15) is 15.0 Å². The van der Waals surface area contributed by atoms with Gasteiger partial charge in [-0.25, -0.2) is 4.79 Å². The third kappa shape index (κ3) is 4.40. The minimum Gasteiger partial charge on any atom is -0.508 e. The number of esters is 1. The highest BCUT2D eigenvalue weighted by Gasteiger charge is 2.24. The molecule has 0 bridgehead atoms. The van der Waals surface area contributed by atoms with Crippen molar-refractivity contribution in [2.24, 2.45) is 0 Å². The number of hydrogen-bond donors (Lipinski definition) is 2. The number of benzene rings is 3. The average Bonchev–Trinajstić information content (AvgIpc) is 2.72. The van der Waals surface area contributed by atoms with Crippen LogP contribution in [0.15, 0.2) is 49.1 Å². The number of ether oxygens (including phenoxy) is 1. The van der Waals surface area contributed by atoms with Crippen LogP contribution in [-0.2, 0) is 4.79 Å². The second-order valence-electron chi connectivity index (χ2n) is 8.53. The zero-order valence-corrected chi connectivity index (χ0v) is 19.5. The summed E-state index contributed by atoms with van der Waals surface area (Å²) in [7, 11) is 0. The Bertz CT molecular complexity index is 1140. The molecule has 0 radical (unpaired) electrons. The summed E-state index contributed by atoms with van der Waals surface area (Å²) in [5, 5.41) is 20.4. The molecule has 3 aromatic rings. The molecular weight excluding hydrogens is 400 g/mol. The number of carbonyl (C=O) groups is 1. The molecule has 0 atom stereocenters. The van der Waals surface area contributed by atoms with Gasteiger partial charge in [-0.3, -0.25) is 0 Å². The molecule has 0 fully saturated rings. The molecule has 0 unspecified atom stereocenters. The third-order valence-electron chi connectivity index (χ3n) is 5.98. The van der Waals surface area contributed by atoms with Crippen LogP contribution in [0.25, 0.3) is 0 Å². The molecule has 32 heavy (non-hydrogen) atoms. The van der Waals surface area contributed by atoms with Gasteiger partial charge < -0.3 is 14.9 Å². The lowest BCUT2D eigenvalue weighted by molar-refractivity contribution is -0.129. The number of hydrogen-bond acceptors (Lipinski definition) is 4. The molecule has 2 N–H and O–H groups in total. The van der Waals surface area contributed by atoms with Gasteiger partial charge in [0.25, 0.3) is 0 Å². The van der Waals surface area contributed by atoms with E-state index in [0.29, 0.717) is 5.75 Å². The van der Waals surface area contributed by atoms with Crippen LogP contribution in [0.5, 0.6) is 17.2 Å². The SMILES string of the molecule is C=CC(=O)Oc1c(C)cc(C(c2cc(C)c(O)cc2C)c2cc(C)c(O)cc2C)cc1C. The van der Waals surface area contributed by atoms with Crippen molar-refractivity contribution in [3.8, 4) is 17.2 Å². The Hall–Kier alpha value is -3.53. The van der Waals surface area contributed by atoms with Crippen LogP contribution in [-0.4, -0.2) is 16.2 Å². The van der Waals surface area contributed by atoms with E-state index in [1.165, 1.54) is 0 Å². The summed E-state index contributed by atoms with van der Waals surface area (Å²) >= 11 is 0. The number of carbonyl (C=O) groups excluding carboxylic acids is 1. The van der Waals surface area contributed by atoms with Crippen molar-refractivity contribution in [1.29, 1.82) is 0 Å². The molecule has 0 aliphatic carbocycles. The second-order valence-corrected chi connectivity index (χ2v) is 8.53. The molecule has 3 rings (SSSR count). The Labute approximate surface area is 189 Å². The fourth-order valence-corrected chi connectivity index (χ4v) is 4.25. The molecule has 0 heterocycles. The number of aromatic hydroxyl groups is 2. The van der Waals surface area contributed by atoms with Crippen molar-refractivity contribution in [1.82, 2.24) is 0 Å². The first-order valence-electron chi connectivity index (χ1n) is 10.6. The van der Waals surface area contributed by atoms with Gasteiger partial charge in [-0.1, -0.05) is 30.8 Å². The number of aryl methyl sites for hydroxylation is 6. The molecule has 0 saturated heterocycles. The van der Waals surface area contributed by atoms with E-state index in [1.54, 1.807) is 12.1 Å². The van der Waals surface area contributed by atoms with Crippen molar-refractivity contribution in [3.05, 3.63) is 99.1 Å². The highest BCUT2D eigenvalue weighted by molar-refractivity contribution is 5.84. The first-order chi connectivity index (χ1) is 15.0. The predicted octanol–water partition coefficient (Wildman–Crippen LogP) is 6.22. The van der Waals surface area contributed by atoms with Gasteiger partial charge in [-0.15, -0.1) is 0 Å². The van der Waals surface area contributed by atoms with Crippen LogP contribution in [0.2, 0.25) is 0 Å². The standard InChI is InChI=1S/C28H30O4/c1-8-26(31)32-28-19(6)9-21(10-20(28)7)27(22-11-17(4)24(29)13-15(22)2)23-12-18(5)25(30)14-16(23)3/h8-14,27,29-30H,1H2,2-7H3. The van der Waals surface area contributed by atoms with Crippen LogP contribution < -0.4 is 4.74 Å². The van der Waals surface area contributed by atoms with Gasteiger partial charge in [-0.05, 0) is 104 Å². The van der Waals surface area contributed by atoms with Crippen molar-refractivity contribution in [3.63, 3.8) is 0 Å². The maximum absolute atomic E-state index is 11.8. The largest absolute Gasteiger partial charge is 0.508 e. The Morgan fingerprint density at radius 1 is 0.750 bits per heavy atom. The summed E-state index contributed by atoms with van der Waals surface area (Å²) in [6.07, 6.45) is 1.15. The van der Waals surface area contributed by atoms with Crippen LogP contribution in [0.4, 0.5) is 0 Å². The Kier molecular flexibility index (Phi) is 6.45. The van der Waals surface area contributed by atoms with Gasteiger partial charge in [0, 0.05) is 12.0 Å². The average molecular weight is 431 g/mol. The molecule has 0 aliphatic rings. The van der Waals surface area contributed by atoms with E-state index >= 15 is 0 Å². The van der Waals surface area contributed by atoms with Crippen molar-refractivity contribution in [2.45, 2.75) is 47.5 Å². The van der Waals surface area contributed by atoms with Gasteiger partial charge in [-0.2, -0.15) is 0 Å². The molecular formula is C28H30O4. The number of phenols is 2. The molecule has 0 aromatic heterocycles. The maximum Gasteiger partial charge on any atom is 0.335 e. The summed E-state index contributed by atoms with van der Waals surface area (Å²) in [5.74, 6) is 0.450. The lowest BCUT2D eigenvalue weighted by Gasteiger charge is -2.25. The highest BCUT2D eigenvalue weighted by Crippen LogP contribution is 2.41. The maximum atomic E-state index is 11.8. The van der Waals surface area contributed by atoms with Crippen molar-refractivity contribution < 1.29 is 19.7 Å². The Morgan fingerprint density at radius 2 is 1.19 bits per heavy atom. The predicted molar refractivity (Wildman–Crippen MR) is 128 cm³/mol. The molecule has 0 saturated carbocycles. The van der Waals surface area contributed by atoms with Crippen LogP contribution in [0.1, 0.15) is 56.0 Å². The molecule has 166 valence electrons. The number of rotatable bonds is 5. The lowest BCUT2D eigenvalue weighted by atomic mass is 9.79. The fourth-order valence-electron chi connectivity index (χ4n) is 4.25. The van der Waals surface area contributed by atoms with E-state index in [-0.39, 0.29) is 17.4 Å². The molecule has 0 amide bonds. The minimum atomic E-state index is -0.490. The molecule has 3 aromatic carbocycles. The van der Waals surface area contributed by atoms with Gasteiger partial charge >= 0.3 is 5.97 Å². The normalized spacial score (nSPS) is 11.0. The first-order valence-corrected chi connectivity index (χ1v) is 10.6. The van der Waals surface area contributed by atoms with Crippen LogP contribution in [0.3, 0.4) is 0 Å². The zero-order chi connectivity index (χ0) is 23.7. The zero-order valence-electron chi connectivity index (χ0n) is 19.5. The topological polar surface area (TPSA) is 66.8 Å². The van der Waals surface area contributed by atoms with Gasteiger partial charge in [0.1, 0.15) is 17.2 Å². The third-order valence-corrected chi connectivity index (χ3v) is 5.98. The smallest absolute Gasteiger partial charge is 0.335 e. The summed E-state index contributed by atoms with van der Waals surface area (Å²) in [6, 6.07) is 11.7. The number of phenolic OH excluding ortho intramolecular Hbond substituents is 2. The fraction of sp³-hybridized carbons (Fsp3) is 0.250. The van der Waals surface area contributed by atoms with E-state index in [0.717, 1.165) is 56.1 Å². The summed E-state index contributed by atoms with van der Waals surface area (Å²) in [5.41, 5.74) is 8.43. The minimum absolute atomic E-state index is 0.129. The monoisotopic (exact) mass is 430 g/mol. The van der Waals surface area contributed by atoms with E-state index in [4.69, 9.17) is 4.74 Å². The molecule has 4 nitrogen and oxygen atoms in total. The summed E-state index contributed by atoms with van der Waals surface area (Å²) < 4.78 is 5.47.